The summed E-state index contributed by atoms with van der Waals surface area (Å²) in [5, 5.41) is 5.16. The molecule has 4 rings (SSSR count). The van der Waals surface area contributed by atoms with Gasteiger partial charge in [-0.2, -0.15) is 13.5 Å². The fourth-order valence-electron chi connectivity index (χ4n) is 4.44. The third-order valence-electron chi connectivity index (χ3n) is 6.19. The van der Waals surface area contributed by atoms with Gasteiger partial charge >= 0.3 is 12.7 Å². The van der Waals surface area contributed by atoms with Crippen LogP contribution in [0.1, 0.15) is 23.1 Å². The van der Waals surface area contributed by atoms with E-state index in [2.05, 4.69) is 20.1 Å². The minimum absolute atomic E-state index is 0. The van der Waals surface area contributed by atoms with E-state index < -0.39 is 41.6 Å². The molecule has 2 N–H and O–H groups in total. The van der Waals surface area contributed by atoms with E-state index in [0.717, 1.165) is 24.3 Å². The lowest BCUT2D eigenvalue weighted by molar-refractivity contribution is -0.275. The summed E-state index contributed by atoms with van der Waals surface area (Å²) in [5.41, 5.74) is -0.237. The van der Waals surface area contributed by atoms with E-state index in [1.165, 1.54) is 24.3 Å². The molecular formula is C27H24F6N2O4S. The Morgan fingerprint density at radius 2 is 1.32 bits per heavy atom. The molecule has 1 atom stereocenters. The third kappa shape index (κ3) is 7.84. The normalized spacial score (nSPS) is 15.2. The largest absolute Gasteiger partial charge is 0.573 e. The molecule has 13 heteroatoms. The predicted octanol–water partition coefficient (Wildman–Crippen LogP) is 5.13. The topological polar surface area (TPSA) is 76.7 Å². The lowest BCUT2D eigenvalue weighted by atomic mass is 9.70. The van der Waals surface area contributed by atoms with E-state index in [1.807, 2.05) is 0 Å². The number of carbonyl (C=O) groups is 2. The molecule has 0 spiro atoms. The van der Waals surface area contributed by atoms with E-state index in [0.29, 0.717) is 5.56 Å². The van der Waals surface area contributed by atoms with Crippen LogP contribution < -0.4 is 20.1 Å². The van der Waals surface area contributed by atoms with E-state index in [4.69, 9.17) is 0 Å². The van der Waals surface area contributed by atoms with Crippen LogP contribution in [-0.4, -0.2) is 37.1 Å². The fourth-order valence-corrected chi connectivity index (χ4v) is 4.44. The van der Waals surface area contributed by atoms with Crippen LogP contribution in [0.3, 0.4) is 0 Å². The highest BCUT2D eigenvalue weighted by molar-refractivity contribution is 7.59. The van der Waals surface area contributed by atoms with Gasteiger partial charge < -0.3 is 20.1 Å². The van der Waals surface area contributed by atoms with Crippen LogP contribution in [-0.2, 0) is 21.4 Å². The third-order valence-corrected chi connectivity index (χ3v) is 6.19. The molecule has 0 aliphatic carbocycles. The zero-order chi connectivity index (χ0) is 28.3. The van der Waals surface area contributed by atoms with Gasteiger partial charge in [0.25, 0.3) is 0 Å². The Kier molecular flexibility index (Phi) is 9.28. The van der Waals surface area contributed by atoms with Gasteiger partial charge in [0.15, 0.2) is 0 Å². The molecular weight excluding hydrogens is 562 g/mol. The van der Waals surface area contributed by atoms with Crippen LogP contribution in [0.2, 0.25) is 0 Å². The molecule has 1 aliphatic rings. The van der Waals surface area contributed by atoms with Crippen molar-refractivity contribution in [3.63, 3.8) is 0 Å². The predicted molar refractivity (Wildman–Crippen MR) is 137 cm³/mol. The van der Waals surface area contributed by atoms with Gasteiger partial charge in [-0.25, -0.2) is 0 Å². The molecule has 1 saturated heterocycles. The number of ether oxygens (including phenoxy) is 2. The minimum Gasteiger partial charge on any atom is -0.406 e. The van der Waals surface area contributed by atoms with Gasteiger partial charge in [-0.15, -0.1) is 26.3 Å². The molecule has 40 heavy (non-hydrogen) atoms. The first kappa shape index (κ1) is 30.7. The maximum absolute atomic E-state index is 13.0. The van der Waals surface area contributed by atoms with E-state index >= 15 is 0 Å². The SMILES string of the molecule is O=C1C[C@@H](C(=O)NCC(Cc2ccccc2)(c2cccc(OC(F)(F)F)c2)c2cccc(OC(F)(F)F)c2)N1.S. The molecule has 1 heterocycles. The first-order valence-electron chi connectivity index (χ1n) is 11.7. The van der Waals surface area contributed by atoms with Crippen molar-refractivity contribution in [1.82, 2.24) is 10.6 Å². The first-order chi connectivity index (χ1) is 18.3. The van der Waals surface area contributed by atoms with Crippen molar-refractivity contribution in [3.8, 4) is 11.5 Å². The van der Waals surface area contributed by atoms with Gasteiger partial charge in [-0.05, 0) is 47.4 Å². The minimum atomic E-state index is -4.99. The van der Waals surface area contributed by atoms with E-state index in [9.17, 15) is 35.9 Å². The average Bonchev–Trinajstić information content (AvgIpc) is 2.83. The highest BCUT2D eigenvalue weighted by atomic mass is 32.1. The highest BCUT2D eigenvalue weighted by Crippen LogP contribution is 2.40. The Hall–Kier alpha value is -3.87. The smallest absolute Gasteiger partial charge is 0.406 e. The van der Waals surface area contributed by atoms with Crippen LogP contribution in [0.5, 0.6) is 11.5 Å². The van der Waals surface area contributed by atoms with Gasteiger partial charge in [0.05, 0.1) is 6.42 Å². The van der Waals surface area contributed by atoms with Crippen molar-refractivity contribution in [2.45, 2.75) is 37.0 Å². The summed E-state index contributed by atoms with van der Waals surface area (Å²) in [6.45, 7) is -0.238. The summed E-state index contributed by atoms with van der Waals surface area (Å²) in [5.74, 6) is -1.95. The molecule has 0 aromatic heterocycles. The number of rotatable bonds is 9. The van der Waals surface area contributed by atoms with Crippen LogP contribution in [0, 0.1) is 0 Å². The van der Waals surface area contributed by atoms with Crippen LogP contribution in [0.15, 0.2) is 78.9 Å². The van der Waals surface area contributed by atoms with Crippen LogP contribution in [0.25, 0.3) is 0 Å². The van der Waals surface area contributed by atoms with E-state index in [1.54, 1.807) is 30.3 Å². The second-order valence-corrected chi connectivity index (χ2v) is 8.94. The Bertz CT molecular complexity index is 1270. The molecule has 3 aromatic carbocycles. The zero-order valence-electron chi connectivity index (χ0n) is 20.6. The van der Waals surface area contributed by atoms with E-state index in [-0.39, 0.29) is 49.9 Å². The number of carbonyl (C=O) groups excluding carboxylic acids is 2. The average molecular weight is 587 g/mol. The number of benzene rings is 3. The number of hydrogen-bond donors (Lipinski definition) is 2. The van der Waals surface area contributed by atoms with Crippen molar-refractivity contribution in [2.24, 2.45) is 0 Å². The second kappa shape index (κ2) is 12.1. The fraction of sp³-hybridized carbons (Fsp3) is 0.259. The maximum atomic E-state index is 13.0. The molecule has 3 aromatic rings. The molecule has 1 fully saturated rings. The number of hydrogen-bond acceptors (Lipinski definition) is 4. The summed E-state index contributed by atoms with van der Waals surface area (Å²) in [4.78, 5) is 24.1. The van der Waals surface area contributed by atoms with Gasteiger partial charge in [0.1, 0.15) is 17.5 Å². The molecule has 6 nitrogen and oxygen atoms in total. The summed E-state index contributed by atoms with van der Waals surface area (Å²) in [6, 6.07) is 18.0. The second-order valence-electron chi connectivity index (χ2n) is 8.94. The molecule has 0 saturated carbocycles. The molecule has 2 amide bonds. The Labute approximate surface area is 232 Å². The summed E-state index contributed by atoms with van der Waals surface area (Å²) in [7, 11) is 0. The molecule has 214 valence electrons. The number of amides is 2. The molecule has 0 radical (unpaired) electrons. The highest BCUT2D eigenvalue weighted by Gasteiger charge is 2.40. The quantitative estimate of drug-likeness (QED) is 0.269. The van der Waals surface area contributed by atoms with Gasteiger partial charge in [-0.3, -0.25) is 9.59 Å². The number of nitrogens with one attached hydrogen (secondary N) is 2. The van der Waals surface area contributed by atoms with Crippen molar-refractivity contribution in [2.75, 3.05) is 6.54 Å². The zero-order valence-corrected chi connectivity index (χ0v) is 21.6. The van der Waals surface area contributed by atoms with Crippen molar-refractivity contribution < 1.29 is 45.4 Å². The van der Waals surface area contributed by atoms with Crippen LogP contribution >= 0.6 is 13.5 Å². The Morgan fingerprint density at radius 1 is 0.825 bits per heavy atom. The lowest BCUT2D eigenvalue weighted by Crippen LogP contribution is -2.58. The Balaban J connectivity index is 0.00000441. The number of β-lactam (4-membered cyclic amide) rings is 1. The van der Waals surface area contributed by atoms with Gasteiger partial charge in [0, 0.05) is 12.0 Å². The molecule has 0 bridgehead atoms. The van der Waals surface area contributed by atoms with Crippen molar-refractivity contribution >= 4 is 25.3 Å². The summed E-state index contributed by atoms with van der Waals surface area (Å²) >= 11 is 0. The summed E-state index contributed by atoms with van der Waals surface area (Å²) < 4.78 is 86.4. The first-order valence-corrected chi connectivity index (χ1v) is 11.7. The standard InChI is InChI=1S/C27H22F6N2O4.H2S/c28-26(29,30)38-20-10-4-8-18(12-20)25(15-17-6-2-1-3-7-17,16-34-24(37)22-14-23(36)35-22)19-9-5-11-21(13-19)39-27(31,32)33;/h1-13,22H,14-16H2,(H,34,37)(H,35,36);1H2/t22-;/m0./s1. The van der Waals surface area contributed by atoms with Crippen molar-refractivity contribution in [1.29, 1.82) is 0 Å². The molecule has 1 aliphatic heterocycles. The summed E-state index contributed by atoms with van der Waals surface area (Å²) in [6.07, 6.45) is -9.95. The lowest BCUT2D eigenvalue weighted by Gasteiger charge is -2.37. The van der Waals surface area contributed by atoms with Crippen molar-refractivity contribution in [3.05, 3.63) is 95.6 Å². The van der Waals surface area contributed by atoms with Gasteiger partial charge in [0.2, 0.25) is 11.8 Å². The number of alkyl halides is 6. The number of halogens is 6. The Morgan fingerprint density at radius 3 is 1.77 bits per heavy atom. The monoisotopic (exact) mass is 586 g/mol. The van der Waals surface area contributed by atoms with Crippen LogP contribution in [0.4, 0.5) is 26.3 Å². The maximum Gasteiger partial charge on any atom is 0.573 e. The molecule has 0 unspecified atom stereocenters. The van der Waals surface area contributed by atoms with Gasteiger partial charge in [-0.1, -0.05) is 54.6 Å².